The van der Waals surface area contributed by atoms with Gasteiger partial charge in [0.25, 0.3) is 6.08 Å². The van der Waals surface area contributed by atoms with Gasteiger partial charge in [0.1, 0.15) is 0 Å². The molecule has 1 saturated carbocycles. The number of benzene rings is 1. The van der Waals surface area contributed by atoms with Gasteiger partial charge in [-0.3, -0.25) is 0 Å². The van der Waals surface area contributed by atoms with Crippen LogP contribution in [0.2, 0.25) is 0 Å². The Morgan fingerprint density at radius 1 is 1.00 bits per heavy atom. The van der Waals surface area contributed by atoms with Crippen molar-refractivity contribution < 1.29 is 13.5 Å². The van der Waals surface area contributed by atoms with Crippen molar-refractivity contribution >= 4 is 0 Å². The molecule has 29 heavy (non-hydrogen) atoms. The van der Waals surface area contributed by atoms with E-state index in [2.05, 4.69) is 43.3 Å². The maximum Gasteiger partial charge on any atom is 0.266 e. The molecule has 1 aliphatic carbocycles. The highest BCUT2D eigenvalue weighted by atomic mass is 19.3. The molecule has 2 atom stereocenters. The lowest BCUT2D eigenvalue weighted by Crippen LogP contribution is -2.34. The predicted octanol–water partition coefficient (Wildman–Crippen LogP) is 7.82. The fourth-order valence-electron chi connectivity index (χ4n) is 5.05. The maximum absolute atomic E-state index is 12.1. The third kappa shape index (κ3) is 7.06. The SMILES string of the molecule is CC=CCCC1CCC(C2CCC(c3ccc(CCC=C(F)F)cc3)CC2)OC1. The summed E-state index contributed by atoms with van der Waals surface area (Å²) in [6.45, 7) is 3.04. The van der Waals surface area contributed by atoms with Gasteiger partial charge in [0.05, 0.1) is 6.10 Å². The molecule has 1 heterocycles. The van der Waals surface area contributed by atoms with Crippen molar-refractivity contribution in [1.82, 2.24) is 0 Å². The van der Waals surface area contributed by atoms with Gasteiger partial charge < -0.3 is 4.74 Å². The molecular formula is C26H36F2O. The molecule has 1 aromatic carbocycles. The minimum absolute atomic E-state index is 0.407. The number of halogens is 2. The first kappa shape index (κ1) is 22.2. The summed E-state index contributed by atoms with van der Waals surface area (Å²) in [6, 6.07) is 8.65. The molecule has 0 radical (unpaired) electrons. The van der Waals surface area contributed by atoms with Crippen LogP contribution in [0.5, 0.6) is 0 Å². The molecule has 1 saturated heterocycles. The summed E-state index contributed by atoms with van der Waals surface area (Å²) in [6.07, 6.45) is 15.4. The number of ether oxygens (including phenoxy) is 1. The van der Waals surface area contributed by atoms with Crippen LogP contribution in [-0.2, 0) is 11.2 Å². The Hall–Kier alpha value is -1.48. The average molecular weight is 403 g/mol. The van der Waals surface area contributed by atoms with Gasteiger partial charge in [-0.2, -0.15) is 8.78 Å². The molecular weight excluding hydrogens is 366 g/mol. The van der Waals surface area contributed by atoms with E-state index in [4.69, 9.17) is 4.74 Å². The molecule has 3 heteroatoms. The first-order valence-electron chi connectivity index (χ1n) is 11.5. The lowest BCUT2D eigenvalue weighted by atomic mass is 9.75. The minimum Gasteiger partial charge on any atom is -0.378 e. The normalized spacial score (nSPS) is 27.8. The van der Waals surface area contributed by atoms with Gasteiger partial charge in [0, 0.05) is 6.61 Å². The second-order valence-electron chi connectivity index (χ2n) is 8.85. The Labute approximate surface area is 175 Å². The standard InChI is InChI=1S/C26H36F2O/c1-2-3-4-6-21-11-18-25(29-19-21)24-16-14-23(15-17-24)22-12-9-20(10-13-22)7-5-8-26(27)28/h2-3,8-10,12-13,21,23-25H,4-7,11,14-19H2,1H3. The number of hydrogen-bond donors (Lipinski definition) is 0. The van der Waals surface area contributed by atoms with Gasteiger partial charge >= 0.3 is 0 Å². The topological polar surface area (TPSA) is 9.23 Å². The van der Waals surface area contributed by atoms with E-state index >= 15 is 0 Å². The molecule has 1 nitrogen and oxygen atoms in total. The zero-order valence-electron chi connectivity index (χ0n) is 17.8. The molecule has 1 aromatic rings. The van der Waals surface area contributed by atoms with Crippen molar-refractivity contribution in [1.29, 1.82) is 0 Å². The van der Waals surface area contributed by atoms with Crippen LogP contribution in [-0.4, -0.2) is 12.7 Å². The van der Waals surface area contributed by atoms with Crippen molar-refractivity contribution in [2.45, 2.75) is 83.2 Å². The maximum atomic E-state index is 12.1. The van der Waals surface area contributed by atoms with Crippen LogP contribution in [0.15, 0.2) is 48.6 Å². The van der Waals surface area contributed by atoms with Crippen molar-refractivity contribution in [3.05, 3.63) is 59.7 Å². The monoisotopic (exact) mass is 402 g/mol. The molecule has 0 N–H and O–H groups in total. The third-order valence-electron chi connectivity index (χ3n) is 6.86. The van der Waals surface area contributed by atoms with E-state index in [1.165, 1.54) is 56.9 Å². The zero-order chi connectivity index (χ0) is 20.5. The van der Waals surface area contributed by atoms with E-state index in [9.17, 15) is 8.78 Å². The van der Waals surface area contributed by atoms with E-state index in [1.54, 1.807) is 0 Å². The van der Waals surface area contributed by atoms with Crippen LogP contribution in [0, 0.1) is 11.8 Å². The molecule has 0 aromatic heterocycles. The summed E-state index contributed by atoms with van der Waals surface area (Å²) in [5, 5.41) is 0. The molecule has 0 amide bonds. The average Bonchev–Trinajstić information content (AvgIpc) is 2.75. The Morgan fingerprint density at radius 2 is 1.76 bits per heavy atom. The van der Waals surface area contributed by atoms with Crippen LogP contribution in [0.1, 0.15) is 81.8 Å². The smallest absolute Gasteiger partial charge is 0.266 e. The highest BCUT2D eigenvalue weighted by Gasteiger charge is 2.31. The van der Waals surface area contributed by atoms with Crippen LogP contribution < -0.4 is 0 Å². The molecule has 2 aliphatic rings. The van der Waals surface area contributed by atoms with Gasteiger partial charge in [-0.15, -0.1) is 0 Å². The minimum atomic E-state index is -1.58. The summed E-state index contributed by atoms with van der Waals surface area (Å²) in [7, 11) is 0. The quantitative estimate of drug-likeness (QED) is 0.403. The number of aryl methyl sites for hydroxylation is 1. The van der Waals surface area contributed by atoms with Gasteiger partial charge in [0.2, 0.25) is 0 Å². The molecule has 0 spiro atoms. The van der Waals surface area contributed by atoms with Crippen molar-refractivity contribution in [2.75, 3.05) is 6.61 Å². The Balaban J connectivity index is 1.40. The summed E-state index contributed by atoms with van der Waals surface area (Å²) in [4.78, 5) is 0. The summed E-state index contributed by atoms with van der Waals surface area (Å²) >= 11 is 0. The highest BCUT2D eigenvalue weighted by Crippen LogP contribution is 2.40. The fraction of sp³-hybridized carbons (Fsp3) is 0.615. The molecule has 2 fully saturated rings. The molecule has 3 rings (SSSR count). The molecule has 160 valence electrons. The summed E-state index contributed by atoms with van der Waals surface area (Å²) in [5.41, 5.74) is 2.55. The third-order valence-corrected chi connectivity index (χ3v) is 6.86. The van der Waals surface area contributed by atoms with Crippen molar-refractivity contribution in [3.8, 4) is 0 Å². The van der Waals surface area contributed by atoms with Crippen LogP contribution in [0.25, 0.3) is 0 Å². The predicted molar refractivity (Wildman–Crippen MR) is 116 cm³/mol. The Kier molecular flexibility index (Phi) is 8.92. The fourth-order valence-corrected chi connectivity index (χ4v) is 5.05. The molecule has 2 unspecified atom stereocenters. The second-order valence-corrected chi connectivity index (χ2v) is 8.85. The summed E-state index contributed by atoms with van der Waals surface area (Å²) < 4.78 is 30.6. The van der Waals surface area contributed by atoms with E-state index < -0.39 is 6.08 Å². The Bertz CT molecular complexity index is 644. The van der Waals surface area contributed by atoms with E-state index in [1.807, 2.05) is 0 Å². The van der Waals surface area contributed by atoms with Gasteiger partial charge in [0.15, 0.2) is 0 Å². The summed E-state index contributed by atoms with van der Waals surface area (Å²) in [5.74, 6) is 2.11. The first-order valence-corrected chi connectivity index (χ1v) is 11.5. The van der Waals surface area contributed by atoms with Gasteiger partial charge in [-0.25, -0.2) is 0 Å². The van der Waals surface area contributed by atoms with Crippen LogP contribution in [0.3, 0.4) is 0 Å². The number of hydrogen-bond acceptors (Lipinski definition) is 1. The van der Waals surface area contributed by atoms with E-state index in [0.29, 0.717) is 24.9 Å². The van der Waals surface area contributed by atoms with Gasteiger partial charge in [-0.05, 0) is 106 Å². The first-order chi connectivity index (χ1) is 14.2. The van der Waals surface area contributed by atoms with Gasteiger partial charge in [-0.1, -0.05) is 36.4 Å². The number of rotatable bonds is 8. The van der Waals surface area contributed by atoms with Crippen LogP contribution in [0.4, 0.5) is 8.78 Å². The molecule has 0 bridgehead atoms. The second kappa shape index (κ2) is 11.6. The van der Waals surface area contributed by atoms with Crippen LogP contribution >= 0.6 is 0 Å². The van der Waals surface area contributed by atoms with Crippen molar-refractivity contribution in [2.24, 2.45) is 11.8 Å². The van der Waals surface area contributed by atoms with E-state index in [-0.39, 0.29) is 0 Å². The Morgan fingerprint density at radius 3 is 2.38 bits per heavy atom. The van der Waals surface area contributed by atoms with E-state index in [0.717, 1.165) is 30.1 Å². The molecule has 1 aliphatic heterocycles. The zero-order valence-corrected chi connectivity index (χ0v) is 17.8. The van der Waals surface area contributed by atoms with Crippen molar-refractivity contribution in [3.63, 3.8) is 0 Å². The number of allylic oxidation sites excluding steroid dienone is 3. The lowest BCUT2D eigenvalue weighted by Gasteiger charge is -2.38. The highest BCUT2D eigenvalue weighted by molar-refractivity contribution is 5.26. The lowest BCUT2D eigenvalue weighted by molar-refractivity contribution is -0.0573. The largest absolute Gasteiger partial charge is 0.378 e.